The lowest BCUT2D eigenvalue weighted by Gasteiger charge is -2.38. The molecule has 19 heavy (non-hydrogen) atoms. The Kier molecular flexibility index (Phi) is 3.84. The van der Waals surface area contributed by atoms with Gasteiger partial charge in [0, 0.05) is 32.1 Å². The fourth-order valence-corrected chi connectivity index (χ4v) is 4.61. The van der Waals surface area contributed by atoms with Gasteiger partial charge in [-0.05, 0) is 50.5 Å². The molecule has 0 aromatic heterocycles. The van der Waals surface area contributed by atoms with E-state index in [1.165, 1.54) is 25.7 Å². The van der Waals surface area contributed by atoms with Gasteiger partial charge in [-0.1, -0.05) is 13.3 Å². The first kappa shape index (κ1) is 13.4. The third-order valence-corrected chi connectivity index (χ3v) is 5.95. The molecule has 1 heterocycles. The predicted molar refractivity (Wildman–Crippen MR) is 76.8 cm³/mol. The maximum atomic E-state index is 12.7. The van der Waals surface area contributed by atoms with E-state index in [0.717, 1.165) is 44.3 Å². The first-order valence-corrected chi connectivity index (χ1v) is 8.18. The Morgan fingerprint density at radius 2 is 1.89 bits per heavy atom. The molecule has 3 rings (SSSR count). The Labute approximate surface area is 117 Å². The summed E-state index contributed by atoms with van der Waals surface area (Å²) in [5.74, 6) is 2.42. The Balaban J connectivity index is 1.55. The molecule has 3 fully saturated rings. The number of hydrogen-bond donors (Lipinski definition) is 0. The molecule has 3 nitrogen and oxygen atoms in total. The van der Waals surface area contributed by atoms with Gasteiger partial charge in [0.2, 0.25) is 5.91 Å². The molecule has 0 N–H and O–H groups in total. The Morgan fingerprint density at radius 1 is 1.16 bits per heavy atom. The minimum absolute atomic E-state index is 0.368. The molecule has 0 aromatic carbocycles. The van der Waals surface area contributed by atoms with Crippen LogP contribution in [0.3, 0.4) is 0 Å². The SMILES string of the molecule is CCN1CCC(N(C)C(=O)C2CC3CCC2C3)CC1. The Morgan fingerprint density at radius 3 is 2.42 bits per heavy atom. The summed E-state index contributed by atoms with van der Waals surface area (Å²) >= 11 is 0. The zero-order valence-electron chi connectivity index (χ0n) is 12.5. The molecule has 2 aliphatic carbocycles. The molecule has 3 atom stereocenters. The highest BCUT2D eigenvalue weighted by atomic mass is 16.2. The first-order chi connectivity index (χ1) is 9.19. The number of fused-ring (bicyclic) bond motifs is 2. The molecular weight excluding hydrogens is 236 g/mol. The van der Waals surface area contributed by atoms with E-state index in [9.17, 15) is 4.79 Å². The third-order valence-electron chi connectivity index (χ3n) is 5.95. The normalized spacial score (nSPS) is 35.8. The van der Waals surface area contributed by atoms with Crippen LogP contribution in [0, 0.1) is 17.8 Å². The Hall–Kier alpha value is -0.570. The predicted octanol–water partition coefficient (Wildman–Crippen LogP) is 2.37. The van der Waals surface area contributed by atoms with Crippen molar-refractivity contribution in [3.05, 3.63) is 0 Å². The van der Waals surface area contributed by atoms with Crippen LogP contribution >= 0.6 is 0 Å². The topological polar surface area (TPSA) is 23.6 Å². The van der Waals surface area contributed by atoms with Crippen molar-refractivity contribution in [2.45, 2.75) is 51.5 Å². The third kappa shape index (κ3) is 2.54. The van der Waals surface area contributed by atoms with Crippen molar-refractivity contribution in [3.8, 4) is 0 Å². The minimum atomic E-state index is 0.368. The van der Waals surface area contributed by atoms with E-state index in [-0.39, 0.29) is 0 Å². The Bertz CT molecular complexity index is 336. The summed E-state index contributed by atoms with van der Waals surface area (Å²) in [6, 6.07) is 0.495. The first-order valence-electron chi connectivity index (χ1n) is 8.18. The quantitative estimate of drug-likeness (QED) is 0.781. The van der Waals surface area contributed by atoms with E-state index < -0.39 is 0 Å². The second-order valence-corrected chi connectivity index (χ2v) is 6.90. The van der Waals surface area contributed by atoms with Gasteiger partial charge < -0.3 is 9.80 Å². The lowest BCUT2D eigenvalue weighted by atomic mass is 9.87. The maximum absolute atomic E-state index is 12.7. The fraction of sp³-hybridized carbons (Fsp3) is 0.938. The summed E-state index contributed by atoms with van der Waals surface area (Å²) in [5, 5.41) is 0. The van der Waals surface area contributed by atoms with Crippen LogP contribution in [0.25, 0.3) is 0 Å². The van der Waals surface area contributed by atoms with Gasteiger partial charge in [0.25, 0.3) is 0 Å². The molecule has 108 valence electrons. The van der Waals surface area contributed by atoms with Gasteiger partial charge in [0.05, 0.1) is 0 Å². The average Bonchev–Trinajstić information content (AvgIpc) is 3.08. The molecule has 2 bridgehead atoms. The number of hydrogen-bond acceptors (Lipinski definition) is 2. The van der Waals surface area contributed by atoms with Crippen LogP contribution < -0.4 is 0 Å². The van der Waals surface area contributed by atoms with Crippen molar-refractivity contribution in [1.29, 1.82) is 0 Å². The van der Waals surface area contributed by atoms with Gasteiger partial charge in [-0.25, -0.2) is 0 Å². The summed E-state index contributed by atoms with van der Waals surface area (Å²) in [6.45, 7) is 5.70. The summed E-state index contributed by atoms with van der Waals surface area (Å²) in [4.78, 5) is 17.3. The second kappa shape index (κ2) is 5.43. The number of carbonyl (C=O) groups excluding carboxylic acids is 1. The summed E-state index contributed by atoms with van der Waals surface area (Å²) < 4.78 is 0. The number of piperidine rings is 1. The van der Waals surface area contributed by atoms with E-state index >= 15 is 0 Å². The number of rotatable bonds is 3. The average molecular weight is 264 g/mol. The molecule has 3 heteroatoms. The largest absolute Gasteiger partial charge is 0.342 e. The van der Waals surface area contributed by atoms with Crippen LogP contribution in [0.1, 0.15) is 45.4 Å². The number of nitrogens with zero attached hydrogens (tertiary/aromatic N) is 2. The monoisotopic (exact) mass is 264 g/mol. The van der Waals surface area contributed by atoms with Crippen molar-refractivity contribution in [2.24, 2.45) is 17.8 Å². The highest BCUT2D eigenvalue weighted by Gasteiger charge is 2.44. The lowest BCUT2D eigenvalue weighted by molar-refractivity contribution is -0.138. The molecular formula is C16H28N2O. The van der Waals surface area contributed by atoms with Crippen LogP contribution in [0.5, 0.6) is 0 Å². The van der Waals surface area contributed by atoms with Crippen LogP contribution in [-0.4, -0.2) is 48.4 Å². The van der Waals surface area contributed by atoms with E-state index in [1.54, 1.807) is 0 Å². The molecule has 2 saturated carbocycles. The molecule has 0 spiro atoms. The number of amides is 1. The smallest absolute Gasteiger partial charge is 0.225 e. The summed E-state index contributed by atoms with van der Waals surface area (Å²) in [5.41, 5.74) is 0. The maximum Gasteiger partial charge on any atom is 0.225 e. The zero-order valence-corrected chi connectivity index (χ0v) is 12.5. The van der Waals surface area contributed by atoms with Gasteiger partial charge >= 0.3 is 0 Å². The molecule has 0 radical (unpaired) electrons. The summed E-state index contributed by atoms with van der Waals surface area (Å²) in [6.07, 6.45) is 7.53. The zero-order chi connectivity index (χ0) is 13.4. The van der Waals surface area contributed by atoms with Gasteiger partial charge in [-0.15, -0.1) is 0 Å². The van der Waals surface area contributed by atoms with Crippen molar-refractivity contribution in [1.82, 2.24) is 9.80 Å². The fourth-order valence-electron chi connectivity index (χ4n) is 4.61. The van der Waals surface area contributed by atoms with Gasteiger partial charge in [-0.2, -0.15) is 0 Å². The van der Waals surface area contributed by atoms with Gasteiger partial charge in [-0.3, -0.25) is 4.79 Å². The van der Waals surface area contributed by atoms with E-state index in [2.05, 4.69) is 23.8 Å². The lowest BCUT2D eigenvalue weighted by Crippen LogP contribution is -2.47. The van der Waals surface area contributed by atoms with Crippen LogP contribution in [-0.2, 0) is 4.79 Å². The van der Waals surface area contributed by atoms with E-state index in [1.807, 2.05) is 0 Å². The molecule has 1 aliphatic heterocycles. The number of likely N-dealkylation sites (tertiary alicyclic amines) is 1. The highest BCUT2D eigenvalue weighted by Crippen LogP contribution is 2.49. The summed E-state index contributed by atoms with van der Waals surface area (Å²) in [7, 11) is 2.06. The van der Waals surface area contributed by atoms with E-state index in [0.29, 0.717) is 17.9 Å². The van der Waals surface area contributed by atoms with Crippen LogP contribution in [0.4, 0.5) is 0 Å². The van der Waals surface area contributed by atoms with Crippen molar-refractivity contribution >= 4 is 5.91 Å². The van der Waals surface area contributed by atoms with Crippen molar-refractivity contribution < 1.29 is 4.79 Å². The van der Waals surface area contributed by atoms with Crippen molar-refractivity contribution in [2.75, 3.05) is 26.7 Å². The standard InChI is InChI=1S/C16H28N2O/c1-3-18-8-6-14(7-9-18)17(2)16(19)15-11-12-4-5-13(15)10-12/h12-15H,3-11H2,1-2H3. The molecule has 3 unspecified atom stereocenters. The van der Waals surface area contributed by atoms with Gasteiger partial charge in [0.15, 0.2) is 0 Å². The molecule has 1 amide bonds. The minimum Gasteiger partial charge on any atom is -0.342 e. The van der Waals surface area contributed by atoms with Crippen LogP contribution in [0.15, 0.2) is 0 Å². The van der Waals surface area contributed by atoms with Crippen molar-refractivity contribution in [3.63, 3.8) is 0 Å². The molecule has 0 aromatic rings. The van der Waals surface area contributed by atoms with E-state index in [4.69, 9.17) is 0 Å². The van der Waals surface area contributed by atoms with Crippen LogP contribution in [0.2, 0.25) is 0 Å². The highest BCUT2D eigenvalue weighted by molar-refractivity contribution is 5.79. The number of carbonyl (C=O) groups is 1. The molecule has 3 aliphatic rings. The second-order valence-electron chi connectivity index (χ2n) is 6.90. The van der Waals surface area contributed by atoms with Gasteiger partial charge in [0.1, 0.15) is 0 Å². The molecule has 1 saturated heterocycles.